The molecule has 0 fully saturated rings. The molecule has 1 amide bonds. The molecule has 0 saturated carbocycles. The molecule has 4 nitrogen and oxygen atoms in total. The molecule has 104 valence electrons. The Labute approximate surface area is 121 Å². The lowest BCUT2D eigenvalue weighted by Gasteiger charge is -2.11. The molecular weight excluding hydrogens is 310 g/mol. The summed E-state index contributed by atoms with van der Waals surface area (Å²) < 4.78 is 10.9. The highest BCUT2D eigenvalue weighted by atomic mass is 79.9. The van der Waals surface area contributed by atoms with Gasteiger partial charge in [-0.3, -0.25) is 4.79 Å². The van der Waals surface area contributed by atoms with E-state index in [1.807, 2.05) is 24.3 Å². The van der Waals surface area contributed by atoms with Crippen LogP contribution in [-0.2, 0) is 16.0 Å². The fraction of sp³-hybridized carbons (Fsp3) is 0.500. The number of amides is 1. The van der Waals surface area contributed by atoms with Crippen molar-refractivity contribution >= 4 is 21.8 Å². The lowest BCUT2D eigenvalue weighted by molar-refractivity contribution is -0.127. The van der Waals surface area contributed by atoms with Crippen LogP contribution in [0.5, 0.6) is 5.75 Å². The van der Waals surface area contributed by atoms with Crippen LogP contribution >= 0.6 is 15.9 Å². The molecule has 1 aliphatic heterocycles. The molecular formula is C14H18BrNO3. The van der Waals surface area contributed by atoms with Gasteiger partial charge in [0.05, 0.1) is 6.61 Å². The van der Waals surface area contributed by atoms with Crippen molar-refractivity contribution in [2.45, 2.75) is 18.9 Å². The maximum atomic E-state index is 11.9. The maximum Gasteiger partial charge on any atom is 0.261 e. The van der Waals surface area contributed by atoms with Crippen LogP contribution in [0.4, 0.5) is 0 Å². The van der Waals surface area contributed by atoms with Crippen LogP contribution in [-0.4, -0.2) is 37.1 Å². The SMILES string of the molecule is O=C(NCCCOCCBr)C1Cc2ccccc2O1. The van der Waals surface area contributed by atoms with Gasteiger partial charge in [-0.05, 0) is 18.1 Å². The van der Waals surface area contributed by atoms with E-state index in [1.165, 1.54) is 0 Å². The number of benzene rings is 1. The lowest BCUT2D eigenvalue weighted by Crippen LogP contribution is -2.38. The Hall–Kier alpha value is -1.07. The summed E-state index contributed by atoms with van der Waals surface area (Å²) in [6.07, 6.45) is 1.08. The summed E-state index contributed by atoms with van der Waals surface area (Å²) in [4.78, 5) is 11.9. The quantitative estimate of drug-likeness (QED) is 0.614. The van der Waals surface area contributed by atoms with E-state index in [0.29, 0.717) is 26.2 Å². The van der Waals surface area contributed by atoms with Crippen LogP contribution in [0, 0.1) is 0 Å². The standard InChI is InChI=1S/C14H18BrNO3/c15-6-9-18-8-3-7-16-14(17)13-10-11-4-1-2-5-12(11)19-13/h1-2,4-5,13H,3,6-10H2,(H,16,17). The van der Waals surface area contributed by atoms with E-state index < -0.39 is 0 Å². The van der Waals surface area contributed by atoms with Crippen LogP contribution in [0.3, 0.4) is 0 Å². The third-order valence-corrected chi connectivity index (χ3v) is 3.25. The molecule has 0 saturated heterocycles. The molecule has 0 radical (unpaired) electrons. The maximum absolute atomic E-state index is 11.9. The Balaban J connectivity index is 1.66. The summed E-state index contributed by atoms with van der Waals surface area (Å²) in [7, 11) is 0. The summed E-state index contributed by atoms with van der Waals surface area (Å²) in [5.41, 5.74) is 1.10. The number of carbonyl (C=O) groups is 1. The molecule has 1 N–H and O–H groups in total. The van der Waals surface area contributed by atoms with Crippen molar-refractivity contribution in [1.29, 1.82) is 0 Å². The summed E-state index contributed by atoms with van der Waals surface area (Å²) in [6, 6.07) is 7.78. The highest BCUT2D eigenvalue weighted by Crippen LogP contribution is 2.27. The third-order valence-electron chi connectivity index (χ3n) is 2.93. The highest BCUT2D eigenvalue weighted by molar-refractivity contribution is 9.09. The zero-order valence-corrected chi connectivity index (χ0v) is 12.3. The first-order valence-electron chi connectivity index (χ1n) is 6.47. The van der Waals surface area contributed by atoms with Crippen molar-refractivity contribution < 1.29 is 14.3 Å². The molecule has 19 heavy (non-hydrogen) atoms. The molecule has 0 spiro atoms. The van der Waals surface area contributed by atoms with E-state index in [0.717, 1.165) is 23.1 Å². The zero-order chi connectivity index (χ0) is 13.5. The molecule has 0 aliphatic carbocycles. The van der Waals surface area contributed by atoms with Gasteiger partial charge in [0.1, 0.15) is 5.75 Å². The molecule has 1 heterocycles. The number of ether oxygens (including phenoxy) is 2. The second-order valence-corrected chi connectivity index (χ2v) is 5.16. The Morgan fingerprint density at radius 3 is 3.05 bits per heavy atom. The molecule has 1 aromatic carbocycles. The topological polar surface area (TPSA) is 47.6 Å². The molecule has 0 aromatic heterocycles. The van der Waals surface area contributed by atoms with Crippen LogP contribution in [0.2, 0.25) is 0 Å². The molecule has 0 bridgehead atoms. The summed E-state index contributed by atoms with van der Waals surface area (Å²) in [5, 5.41) is 3.72. The van der Waals surface area contributed by atoms with E-state index >= 15 is 0 Å². The first-order chi connectivity index (χ1) is 9.31. The lowest BCUT2D eigenvalue weighted by atomic mass is 10.1. The number of halogens is 1. The second-order valence-electron chi connectivity index (χ2n) is 4.36. The van der Waals surface area contributed by atoms with Crippen molar-refractivity contribution in [3.8, 4) is 5.75 Å². The number of rotatable bonds is 7. The normalized spacial score (nSPS) is 16.8. The summed E-state index contributed by atoms with van der Waals surface area (Å²) in [5.74, 6) is 0.778. The Morgan fingerprint density at radius 2 is 2.26 bits per heavy atom. The van der Waals surface area contributed by atoms with E-state index in [2.05, 4.69) is 21.2 Å². The van der Waals surface area contributed by atoms with Crippen molar-refractivity contribution in [3.05, 3.63) is 29.8 Å². The third kappa shape index (κ3) is 4.21. The highest BCUT2D eigenvalue weighted by Gasteiger charge is 2.28. The van der Waals surface area contributed by atoms with Gasteiger partial charge in [-0.15, -0.1) is 0 Å². The monoisotopic (exact) mass is 327 g/mol. The van der Waals surface area contributed by atoms with Crippen LogP contribution in [0.1, 0.15) is 12.0 Å². The fourth-order valence-corrected chi connectivity index (χ4v) is 2.21. The van der Waals surface area contributed by atoms with Gasteiger partial charge in [0.25, 0.3) is 5.91 Å². The zero-order valence-electron chi connectivity index (χ0n) is 10.7. The van der Waals surface area contributed by atoms with Gasteiger partial charge in [0, 0.05) is 24.9 Å². The molecule has 5 heteroatoms. The van der Waals surface area contributed by atoms with Gasteiger partial charge in [-0.2, -0.15) is 0 Å². The number of hydrogen-bond acceptors (Lipinski definition) is 3. The minimum Gasteiger partial charge on any atom is -0.480 e. The van der Waals surface area contributed by atoms with E-state index in [9.17, 15) is 4.79 Å². The molecule has 1 aromatic rings. The Kier molecular flexibility index (Phi) is 5.66. The molecule has 1 aliphatic rings. The average Bonchev–Trinajstić information content (AvgIpc) is 2.86. The number of alkyl halides is 1. The number of nitrogens with one attached hydrogen (secondary N) is 1. The van der Waals surface area contributed by atoms with E-state index in [-0.39, 0.29) is 12.0 Å². The minimum absolute atomic E-state index is 0.0447. The van der Waals surface area contributed by atoms with E-state index in [4.69, 9.17) is 9.47 Å². The van der Waals surface area contributed by atoms with Crippen molar-refractivity contribution in [1.82, 2.24) is 5.32 Å². The van der Waals surface area contributed by atoms with Crippen molar-refractivity contribution in [2.75, 3.05) is 25.1 Å². The second kappa shape index (κ2) is 7.50. The Morgan fingerprint density at radius 1 is 1.42 bits per heavy atom. The predicted molar refractivity (Wildman–Crippen MR) is 76.8 cm³/mol. The molecule has 2 rings (SSSR count). The molecule has 1 atom stereocenters. The average molecular weight is 328 g/mol. The van der Waals surface area contributed by atoms with Gasteiger partial charge in [-0.25, -0.2) is 0 Å². The molecule has 1 unspecified atom stereocenters. The fourth-order valence-electron chi connectivity index (χ4n) is 1.98. The van der Waals surface area contributed by atoms with Crippen LogP contribution in [0.15, 0.2) is 24.3 Å². The minimum atomic E-state index is -0.388. The first kappa shape index (κ1) is 14.3. The van der Waals surface area contributed by atoms with Crippen molar-refractivity contribution in [2.24, 2.45) is 0 Å². The van der Waals surface area contributed by atoms with E-state index in [1.54, 1.807) is 0 Å². The summed E-state index contributed by atoms with van der Waals surface area (Å²) in [6.45, 7) is 1.99. The first-order valence-corrected chi connectivity index (χ1v) is 7.59. The van der Waals surface area contributed by atoms with Gasteiger partial charge in [0.15, 0.2) is 6.10 Å². The van der Waals surface area contributed by atoms with Gasteiger partial charge in [0.2, 0.25) is 0 Å². The Bertz CT molecular complexity index is 400. The predicted octanol–water partition coefficient (Wildman–Crippen LogP) is 1.91. The van der Waals surface area contributed by atoms with Crippen LogP contribution < -0.4 is 10.1 Å². The largest absolute Gasteiger partial charge is 0.480 e. The number of fused-ring (bicyclic) bond motifs is 1. The van der Waals surface area contributed by atoms with Gasteiger partial charge in [-0.1, -0.05) is 34.1 Å². The van der Waals surface area contributed by atoms with Gasteiger partial charge >= 0.3 is 0 Å². The summed E-state index contributed by atoms with van der Waals surface area (Å²) >= 11 is 3.29. The van der Waals surface area contributed by atoms with Crippen LogP contribution in [0.25, 0.3) is 0 Å². The van der Waals surface area contributed by atoms with Gasteiger partial charge < -0.3 is 14.8 Å². The number of para-hydroxylation sites is 1. The van der Waals surface area contributed by atoms with Crippen molar-refractivity contribution in [3.63, 3.8) is 0 Å². The number of hydrogen-bond donors (Lipinski definition) is 1. The smallest absolute Gasteiger partial charge is 0.261 e. The number of carbonyl (C=O) groups excluding carboxylic acids is 1.